The second-order valence-corrected chi connectivity index (χ2v) is 3.75. The van der Waals surface area contributed by atoms with Crippen molar-refractivity contribution >= 4 is 11.9 Å². The van der Waals surface area contributed by atoms with E-state index in [0.717, 1.165) is 5.69 Å². The lowest BCUT2D eigenvalue weighted by molar-refractivity contribution is -0.138. The molecule has 0 radical (unpaired) electrons. The first-order valence-corrected chi connectivity index (χ1v) is 5.04. The summed E-state index contributed by atoms with van der Waals surface area (Å²) in [6.45, 7) is 3.26. The number of rotatable bonds is 6. The monoisotopic (exact) mass is 241 g/mol. The summed E-state index contributed by atoms with van der Waals surface area (Å²) in [6, 6.07) is 0. The third kappa shape index (κ3) is 4.23. The predicted molar refractivity (Wildman–Crippen MR) is 58.1 cm³/mol. The van der Waals surface area contributed by atoms with Crippen molar-refractivity contribution in [3.63, 3.8) is 0 Å². The smallest absolute Gasteiger partial charge is 0.317 e. The Morgan fingerprint density at radius 3 is 2.47 bits per heavy atom. The molecule has 17 heavy (non-hydrogen) atoms. The molecular weight excluding hydrogens is 226 g/mol. The third-order valence-electron chi connectivity index (χ3n) is 2.17. The van der Waals surface area contributed by atoms with Gasteiger partial charge in [0, 0.05) is 0 Å². The maximum atomic E-state index is 10.8. The lowest BCUT2D eigenvalue weighted by Crippen LogP contribution is -2.36. The van der Waals surface area contributed by atoms with E-state index < -0.39 is 11.9 Å². The highest BCUT2D eigenvalue weighted by atomic mass is 16.4. The van der Waals surface area contributed by atoms with Gasteiger partial charge in [-0.15, -0.1) is 0 Å². The van der Waals surface area contributed by atoms with E-state index in [0.29, 0.717) is 11.7 Å². The van der Waals surface area contributed by atoms with Crippen molar-refractivity contribution in [2.75, 3.05) is 13.1 Å². The van der Waals surface area contributed by atoms with Gasteiger partial charge in [-0.05, 0) is 13.8 Å². The van der Waals surface area contributed by atoms with Crippen molar-refractivity contribution in [2.45, 2.75) is 20.4 Å². The number of primary amides is 1. The lowest BCUT2D eigenvalue weighted by Gasteiger charge is -2.15. The van der Waals surface area contributed by atoms with Crippen LogP contribution in [0.1, 0.15) is 17.3 Å². The SMILES string of the molecule is Cc1nc(CN(CC(N)=O)CC(=O)O)oc1C. The van der Waals surface area contributed by atoms with Crippen LogP contribution in [0.4, 0.5) is 0 Å². The predicted octanol–water partition coefficient (Wildman–Crippen LogP) is -0.337. The summed E-state index contributed by atoms with van der Waals surface area (Å²) in [5.41, 5.74) is 5.78. The van der Waals surface area contributed by atoms with Crippen LogP contribution in [0.15, 0.2) is 4.42 Å². The molecule has 0 aliphatic carbocycles. The molecule has 0 saturated heterocycles. The second-order valence-electron chi connectivity index (χ2n) is 3.75. The summed E-state index contributed by atoms with van der Waals surface area (Å²) >= 11 is 0. The number of aromatic nitrogens is 1. The minimum atomic E-state index is -1.04. The Labute approximate surface area is 98.2 Å². The van der Waals surface area contributed by atoms with E-state index in [1.165, 1.54) is 4.90 Å². The normalized spacial score (nSPS) is 10.8. The molecule has 0 aliphatic heterocycles. The third-order valence-corrected chi connectivity index (χ3v) is 2.17. The zero-order valence-electron chi connectivity index (χ0n) is 9.77. The number of oxazole rings is 1. The number of hydrogen-bond donors (Lipinski definition) is 2. The first kappa shape index (κ1) is 13.2. The van der Waals surface area contributed by atoms with Gasteiger partial charge in [-0.25, -0.2) is 4.98 Å². The number of aliphatic carboxylic acids is 1. The fraction of sp³-hybridized carbons (Fsp3) is 0.500. The zero-order valence-corrected chi connectivity index (χ0v) is 9.77. The molecule has 94 valence electrons. The van der Waals surface area contributed by atoms with Gasteiger partial charge in [-0.1, -0.05) is 0 Å². The van der Waals surface area contributed by atoms with Crippen molar-refractivity contribution in [2.24, 2.45) is 5.73 Å². The van der Waals surface area contributed by atoms with E-state index in [1.807, 2.05) is 0 Å². The molecule has 7 nitrogen and oxygen atoms in total. The van der Waals surface area contributed by atoms with Crippen LogP contribution in [0.2, 0.25) is 0 Å². The van der Waals surface area contributed by atoms with E-state index in [1.54, 1.807) is 13.8 Å². The molecule has 0 aliphatic rings. The van der Waals surface area contributed by atoms with Crippen LogP contribution in [0, 0.1) is 13.8 Å². The van der Waals surface area contributed by atoms with Gasteiger partial charge in [-0.2, -0.15) is 0 Å². The Morgan fingerprint density at radius 2 is 2.06 bits per heavy atom. The molecule has 1 amide bonds. The molecule has 0 fully saturated rings. The van der Waals surface area contributed by atoms with Crippen molar-refractivity contribution in [1.29, 1.82) is 0 Å². The number of nitrogens with zero attached hydrogens (tertiary/aromatic N) is 2. The van der Waals surface area contributed by atoms with Gasteiger partial charge in [0.2, 0.25) is 11.8 Å². The summed E-state index contributed by atoms with van der Waals surface area (Å²) in [7, 11) is 0. The van der Waals surface area contributed by atoms with Gasteiger partial charge in [0.05, 0.1) is 25.3 Å². The number of carboxylic acid groups (broad SMARTS) is 1. The van der Waals surface area contributed by atoms with Crippen LogP contribution in [-0.4, -0.2) is 40.0 Å². The number of nitrogens with two attached hydrogens (primary N) is 1. The number of amides is 1. The van der Waals surface area contributed by atoms with Gasteiger partial charge in [-0.3, -0.25) is 14.5 Å². The Hall–Kier alpha value is -1.89. The van der Waals surface area contributed by atoms with Crippen LogP contribution in [-0.2, 0) is 16.1 Å². The van der Waals surface area contributed by atoms with Crippen LogP contribution < -0.4 is 5.73 Å². The molecule has 7 heteroatoms. The Kier molecular flexibility index (Phi) is 4.22. The first-order valence-electron chi connectivity index (χ1n) is 5.04. The summed E-state index contributed by atoms with van der Waals surface area (Å²) in [5, 5.41) is 8.69. The van der Waals surface area contributed by atoms with Crippen LogP contribution in [0.5, 0.6) is 0 Å². The summed E-state index contributed by atoms with van der Waals surface area (Å²) in [4.78, 5) is 26.9. The molecule has 3 N–H and O–H groups in total. The Bertz CT molecular complexity index is 392. The fourth-order valence-electron chi connectivity index (χ4n) is 1.38. The van der Waals surface area contributed by atoms with Crippen molar-refractivity contribution in [3.05, 3.63) is 17.3 Å². The second kappa shape index (κ2) is 5.44. The molecule has 0 unspecified atom stereocenters. The number of hydrogen-bond acceptors (Lipinski definition) is 5. The van der Waals surface area contributed by atoms with Crippen LogP contribution >= 0.6 is 0 Å². The highest BCUT2D eigenvalue weighted by Crippen LogP contribution is 2.10. The van der Waals surface area contributed by atoms with E-state index in [9.17, 15) is 9.59 Å². The maximum absolute atomic E-state index is 10.8. The van der Waals surface area contributed by atoms with Gasteiger partial charge in [0.1, 0.15) is 5.76 Å². The Balaban J connectivity index is 2.70. The van der Waals surface area contributed by atoms with E-state index in [-0.39, 0.29) is 19.6 Å². The molecule has 1 aromatic rings. The number of carboxylic acids is 1. The standard InChI is InChI=1S/C10H15N3O4/c1-6-7(2)17-9(12-6)4-13(3-8(11)14)5-10(15)16/h3-5H2,1-2H3,(H2,11,14)(H,15,16). The highest BCUT2D eigenvalue weighted by molar-refractivity contribution is 5.77. The minimum absolute atomic E-state index is 0.143. The number of carbonyl (C=O) groups excluding carboxylic acids is 1. The molecule has 0 spiro atoms. The molecule has 1 aromatic heterocycles. The number of carbonyl (C=O) groups is 2. The largest absolute Gasteiger partial charge is 0.480 e. The van der Waals surface area contributed by atoms with E-state index in [2.05, 4.69) is 4.98 Å². The fourth-order valence-corrected chi connectivity index (χ4v) is 1.38. The summed E-state index contributed by atoms with van der Waals surface area (Å²) < 4.78 is 5.31. The lowest BCUT2D eigenvalue weighted by atomic mass is 10.4. The van der Waals surface area contributed by atoms with Crippen LogP contribution in [0.3, 0.4) is 0 Å². The van der Waals surface area contributed by atoms with Crippen molar-refractivity contribution in [1.82, 2.24) is 9.88 Å². The topological polar surface area (TPSA) is 110 Å². The summed E-state index contributed by atoms with van der Waals surface area (Å²) in [6.07, 6.45) is 0. The molecule has 0 saturated carbocycles. The average molecular weight is 241 g/mol. The average Bonchev–Trinajstić information content (AvgIpc) is 2.42. The maximum Gasteiger partial charge on any atom is 0.317 e. The van der Waals surface area contributed by atoms with E-state index in [4.69, 9.17) is 15.3 Å². The van der Waals surface area contributed by atoms with Crippen molar-refractivity contribution < 1.29 is 19.1 Å². The quantitative estimate of drug-likeness (QED) is 0.705. The molecular formula is C10H15N3O4. The van der Waals surface area contributed by atoms with Gasteiger partial charge in [0.15, 0.2) is 0 Å². The Morgan fingerprint density at radius 1 is 1.41 bits per heavy atom. The molecule has 0 aromatic carbocycles. The van der Waals surface area contributed by atoms with Gasteiger partial charge >= 0.3 is 5.97 Å². The molecule has 0 bridgehead atoms. The highest BCUT2D eigenvalue weighted by Gasteiger charge is 2.16. The minimum Gasteiger partial charge on any atom is -0.480 e. The number of aryl methyl sites for hydroxylation is 2. The van der Waals surface area contributed by atoms with Gasteiger partial charge < -0.3 is 15.3 Å². The van der Waals surface area contributed by atoms with E-state index >= 15 is 0 Å². The molecule has 0 atom stereocenters. The zero-order chi connectivity index (χ0) is 13.0. The van der Waals surface area contributed by atoms with Gasteiger partial charge in [0.25, 0.3) is 0 Å². The van der Waals surface area contributed by atoms with Crippen molar-refractivity contribution in [3.8, 4) is 0 Å². The summed E-state index contributed by atoms with van der Waals surface area (Å²) in [5.74, 6) is -0.575. The van der Waals surface area contributed by atoms with Crippen LogP contribution in [0.25, 0.3) is 0 Å². The first-order chi connectivity index (χ1) is 7.88. The molecule has 1 rings (SSSR count). The molecule has 1 heterocycles.